The fourth-order valence-corrected chi connectivity index (χ4v) is 5.29. The monoisotopic (exact) mass is 379 g/mol. The fraction of sp³-hybridized carbons (Fsp3) is 0.500. The first-order valence-electron chi connectivity index (χ1n) is 8.37. The fourth-order valence-electron chi connectivity index (χ4n) is 3.57. The van der Waals surface area contributed by atoms with E-state index in [4.69, 9.17) is 9.47 Å². The molecule has 25 heavy (non-hydrogen) atoms. The number of likely N-dealkylation sites (N-methyl/N-ethyl adjacent to an activating group) is 1. The van der Waals surface area contributed by atoms with E-state index in [1.165, 1.54) is 22.7 Å². The van der Waals surface area contributed by atoms with Crippen molar-refractivity contribution in [3.05, 3.63) is 44.8 Å². The predicted molar refractivity (Wildman–Crippen MR) is 96.9 cm³/mol. The number of thiophene rings is 2. The maximum atomic E-state index is 12.9. The highest BCUT2D eigenvalue weighted by atomic mass is 32.1. The van der Waals surface area contributed by atoms with E-state index >= 15 is 0 Å². The van der Waals surface area contributed by atoms with E-state index in [9.17, 15) is 9.90 Å². The molecule has 0 spiro atoms. The van der Waals surface area contributed by atoms with Gasteiger partial charge in [0.05, 0.1) is 15.9 Å². The normalized spacial score (nSPS) is 27.1. The van der Waals surface area contributed by atoms with E-state index < -0.39 is 11.6 Å². The Kier molecular flexibility index (Phi) is 4.45. The number of carbonyl (C=O) groups excluding carboxylic acids is 1. The SMILES string of the molecule is C[C@H](CC1C2O[C@H]2CN1C)OC(=O)C(O)(c1cccs1)c1cccs1. The summed E-state index contributed by atoms with van der Waals surface area (Å²) < 4.78 is 11.3. The van der Waals surface area contributed by atoms with Gasteiger partial charge in [-0.1, -0.05) is 12.1 Å². The molecule has 0 aromatic carbocycles. The summed E-state index contributed by atoms with van der Waals surface area (Å²) in [6.07, 6.45) is 1.01. The van der Waals surface area contributed by atoms with Crippen molar-refractivity contribution >= 4 is 28.6 Å². The van der Waals surface area contributed by atoms with Crippen molar-refractivity contribution in [2.24, 2.45) is 0 Å². The second-order valence-electron chi connectivity index (χ2n) is 6.76. The molecule has 134 valence electrons. The summed E-state index contributed by atoms with van der Waals surface area (Å²) in [5.74, 6) is -0.612. The third kappa shape index (κ3) is 3.04. The third-order valence-corrected chi connectivity index (χ3v) is 6.92. The van der Waals surface area contributed by atoms with E-state index in [1.807, 2.05) is 29.8 Å². The number of likely N-dealkylation sites (tertiary alicyclic amines) is 1. The molecule has 2 aromatic heterocycles. The van der Waals surface area contributed by atoms with Gasteiger partial charge < -0.3 is 14.6 Å². The summed E-state index contributed by atoms with van der Waals surface area (Å²) in [6.45, 7) is 2.81. The molecule has 2 saturated heterocycles. The second-order valence-corrected chi connectivity index (χ2v) is 8.66. The van der Waals surface area contributed by atoms with Gasteiger partial charge >= 0.3 is 5.97 Å². The van der Waals surface area contributed by atoms with Crippen LogP contribution in [0.5, 0.6) is 0 Å². The lowest BCUT2D eigenvalue weighted by Gasteiger charge is -2.28. The smallest absolute Gasteiger partial charge is 0.349 e. The van der Waals surface area contributed by atoms with E-state index in [1.54, 1.807) is 12.1 Å². The minimum absolute atomic E-state index is 0.264. The molecule has 1 N–H and O–H groups in total. The molecule has 5 nitrogen and oxygen atoms in total. The highest BCUT2D eigenvalue weighted by Gasteiger charge is 2.54. The topological polar surface area (TPSA) is 62.3 Å². The van der Waals surface area contributed by atoms with Crippen LogP contribution in [0.3, 0.4) is 0 Å². The molecule has 7 heteroatoms. The zero-order valence-corrected chi connectivity index (χ0v) is 15.8. The lowest BCUT2D eigenvalue weighted by Crippen LogP contribution is -2.41. The Morgan fingerprint density at radius 1 is 1.40 bits per heavy atom. The number of nitrogens with zero attached hydrogens (tertiary/aromatic N) is 1. The molecule has 2 aromatic rings. The van der Waals surface area contributed by atoms with Crippen LogP contribution in [-0.4, -0.2) is 53.9 Å². The summed E-state index contributed by atoms with van der Waals surface area (Å²) in [5.41, 5.74) is -1.74. The zero-order valence-electron chi connectivity index (χ0n) is 14.1. The maximum Gasteiger partial charge on any atom is 0.349 e. The summed E-state index contributed by atoms with van der Waals surface area (Å²) >= 11 is 2.70. The Bertz CT molecular complexity index is 694. The molecule has 2 unspecified atom stereocenters. The molecule has 0 bridgehead atoms. The third-order valence-electron chi connectivity index (χ3n) is 4.97. The first kappa shape index (κ1) is 17.2. The summed E-state index contributed by atoms with van der Waals surface area (Å²) in [4.78, 5) is 16.3. The zero-order chi connectivity index (χ0) is 17.6. The number of aliphatic hydroxyl groups is 1. The molecular weight excluding hydrogens is 358 g/mol. The summed E-state index contributed by atoms with van der Waals surface area (Å²) in [6, 6.07) is 7.46. The molecule has 0 saturated carbocycles. The average molecular weight is 380 g/mol. The number of hydrogen-bond donors (Lipinski definition) is 1. The van der Waals surface area contributed by atoms with Gasteiger partial charge in [0.2, 0.25) is 5.60 Å². The second kappa shape index (κ2) is 6.48. The lowest BCUT2D eigenvalue weighted by atomic mass is 9.99. The van der Waals surface area contributed by atoms with Crippen LogP contribution in [0.25, 0.3) is 0 Å². The predicted octanol–water partition coefficient (Wildman–Crippen LogP) is 2.45. The van der Waals surface area contributed by atoms with Gasteiger partial charge in [-0.3, -0.25) is 4.90 Å². The van der Waals surface area contributed by atoms with Crippen molar-refractivity contribution < 1.29 is 19.4 Å². The van der Waals surface area contributed by atoms with Gasteiger partial charge in [0.1, 0.15) is 12.2 Å². The summed E-state index contributed by atoms with van der Waals surface area (Å²) in [5, 5.41) is 14.9. The number of esters is 1. The summed E-state index contributed by atoms with van der Waals surface area (Å²) in [7, 11) is 2.07. The molecule has 4 atom stereocenters. The Balaban J connectivity index is 1.49. The van der Waals surface area contributed by atoms with Crippen molar-refractivity contribution in [1.82, 2.24) is 4.90 Å². The van der Waals surface area contributed by atoms with Crippen molar-refractivity contribution in [3.63, 3.8) is 0 Å². The van der Waals surface area contributed by atoms with Gasteiger partial charge in [0, 0.05) is 19.0 Å². The molecule has 4 heterocycles. The molecule has 0 radical (unpaired) electrons. The van der Waals surface area contributed by atoms with Gasteiger partial charge in [-0.05, 0) is 36.9 Å². The van der Waals surface area contributed by atoms with Crippen LogP contribution in [0.2, 0.25) is 0 Å². The number of hydrogen-bond acceptors (Lipinski definition) is 7. The largest absolute Gasteiger partial charge is 0.460 e. The number of morpholine rings is 1. The van der Waals surface area contributed by atoms with Crippen molar-refractivity contribution in [2.75, 3.05) is 13.6 Å². The minimum Gasteiger partial charge on any atom is -0.460 e. The number of fused-ring (bicyclic) bond motifs is 1. The molecule has 2 aliphatic heterocycles. The number of carbonyl (C=O) groups is 1. The first-order valence-corrected chi connectivity index (χ1v) is 10.1. The van der Waals surface area contributed by atoms with Crippen LogP contribution in [-0.2, 0) is 19.9 Å². The molecule has 2 aliphatic rings. The van der Waals surface area contributed by atoms with Crippen LogP contribution >= 0.6 is 22.7 Å². The maximum absolute atomic E-state index is 12.9. The minimum atomic E-state index is -1.74. The molecule has 0 aliphatic carbocycles. The molecule has 4 rings (SSSR count). The van der Waals surface area contributed by atoms with Crippen LogP contribution in [0.15, 0.2) is 35.0 Å². The van der Waals surface area contributed by atoms with E-state index in [2.05, 4.69) is 11.9 Å². The lowest BCUT2D eigenvalue weighted by molar-refractivity contribution is -0.167. The Morgan fingerprint density at radius 2 is 2.04 bits per heavy atom. The molecule has 0 amide bonds. The van der Waals surface area contributed by atoms with E-state index in [0.29, 0.717) is 22.3 Å². The van der Waals surface area contributed by atoms with E-state index in [-0.39, 0.29) is 18.2 Å². The van der Waals surface area contributed by atoms with Crippen LogP contribution in [0.1, 0.15) is 23.1 Å². The quantitative estimate of drug-likeness (QED) is 0.617. The van der Waals surface area contributed by atoms with Gasteiger partial charge in [-0.2, -0.15) is 0 Å². The molecular formula is C18H21NO4S2. The van der Waals surface area contributed by atoms with Crippen molar-refractivity contribution in [3.8, 4) is 0 Å². The first-order chi connectivity index (χ1) is 12.0. The van der Waals surface area contributed by atoms with E-state index in [0.717, 1.165) is 6.54 Å². The average Bonchev–Trinajstić information content (AvgIpc) is 3.05. The van der Waals surface area contributed by atoms with Crippen LogP contribution < -0.4 is 0 Å². The van der Waals surface area contributed by atoms with Gasteiger partial charge in [-0.25, -0.2) is 4.79 Å². The Morgan fingerprint density at radius 3 is 2.52 bits per heavy atom. The van der Waals surface area contributed by atoms with Gasteiger partial charge in [-0.15, -0.1) is 22.7 Å². The van der Waals surface area contributed by atoms with Crippen LogP contribution in [0.4, 0.5) is 0 Å². The Labute approximate surface area is 154 Å². The highest BCUT2D eigenvalue weighted by Crippen LogP contribution is 2.39. The van der Waals surface area contributed by atoms with Crippen LogP contribution in [0, 0.1) is 0 Å². The van der Waals surface area contributed by atoms with Crippen molar-refractivity contribution in [1.29, 1.82) is 0 Å². The number of rotatable bonds is 6. The molecule has 2 fully saturated rings. The number of epoxide rings is 1. The Hall–Kier alpha value is -1.25. The number of ether oxygens (including phenoxy) is 2. The van der Waals surface area contributed by atoms with Gasteiger partial charge in [0.25, 0.3) is 0 Å². The van der Waals surface area contributed by atoms with Gasteiger partial charge in [0.15, 0.2) is 0 Å². The highest BCUT2D eigenvalue weighted by molar-refractivity contribution is 7.12. The standard InChI is InChI=1S/C18H21NO4S2/c1-11(9-12-16-13(23-16)10-19(12)2)22-17(20)18(21,14-5-3-7-24-14)15-6-4-8-25-15/h3-8,11-13,16,21H,9-10H2,1-2H3/t11-,12?,13+,16?/m1/s1. The van der Waals surface area contributed by atoms with Crippen molar-refractivity contribution in [2.45, 2.75) is 43.3 Å².